The molecule has 41 heavy (non-hydrogen) atoms. The molecular weight excluding hydrogens is 502 g/mol. The lowest BCUT2D eigenvalue weighted by atomic mass is 10.0. The molecule has 0 aliphatic heterocycles. The molecule has 0 atom stereocenters. The van der Waals surface area contributed by atoms with Crippen LogP contribution in [0.2, 0.25) is 0 Å². The summed E-state index contributed by atoms with van der Waals surface area (Å²) < 4.78 is 4.70. The summed E-state index contributed by atoms with van der Waals surface area (Å²) in [7, 11) is 0. The second kappa shape index (κ2) is 7.55. The van der Waals surface area contributed by atoms with Gasteiger partial charge in [-0.3, -0.25) is 14.4 Å². The van der Waals surface area contributed by atoms with Gasteiger partial charge in [-0.25, -0.2) is 4.98 Å². The molecule has 0 amide bonds. The number of rotatable bonds is 1. The zero-order valence-corrected chi connectivity index (χ0v) is 21.9. The summed E-state index contributed by atoms with van der Waals surface area (Å²) >= 11 is 0. The minimum absolute atomic E-state index is 0.886. The van der Waals surface area contributed by atoms with Gasteiger partial charge in [-0.1, -0.05) is 48.5 Å². The van der Waals surface area contributed by atoms with Gasteiger partial charge in [0.2, 0.25) is 0 Å². The molecule has 10 rings (SSSR count). The molecule has 5 nitrogen and oxygen atoms in total. The summed E-state index contributed by atoms with van der Waals surface area (Å²) in [5.74, 6) is 0. The van der Waals surface area contributed by atoms with Crippen molar-refractivity contribution in [3.8, 4) is 16.8 Å². The number of aromatic nitrogens is 5. The lowest BCUT2D eigenvalue weighted by molar-refractivity contribution is 1.18. The van der Waals surface area contributed by atoms with Crippen LogP contribution >= 0.6 is 0 Å². The van der Waals surface area contributed by atoms with Gasteiger partial charge in [-0.05, 0) is 71.1 Å². The molecule has 5 heterocycles. The Morgan fingerprint density at radius 2 is 1.39 bits per heavy atom. The molecule has 9 aromatic rings. The van der Waals surface area contributed by atoms with Crippen molar-refractivity contribution >= 4 is 60.2 Å². The number of hydrogen-bond acceptors (Lipinski definition) is 3. The van der Waals surface area contributed by atoms with Crippen molar-refractivity contribution in [1.82, 2.24) is 23.9 Å². The van der Waals surface area contributed by atoms with E-state index in [9.17, 15) is 0 Å². The first-order chi connectivity index (χ1) is 20.3. The molecule has 0 N–H and O–H groups in total. The van der Waals surface area contributed by atoms with Crippen LogP contribution in [0.3, 0.4) is 0 Å². The maximum atomic E-state index is 5.10. The predicted octanol–water partition coefficient (Wildman–Crippen LogP) is 8.25. The van der Waals surface area contributed by atoms with E-state index in [4.69, 9.17) is 4.98 Å². The molecule has 5 heteroatoms. The van der Waals surface area contributed by atoms with Crippen molar-refractivity contribution in [3.05, 3.63) is 127 Å². The molecule has 1 aliphatic rings. The maximum absolute atomic E-state index is 5.10. The third-order valence-electron chi connectivity index (χ3n) is 8.86. The molecule has 190 valence electrons. The van der Waals surface area contributed by atoms with Crippen LogP contribution in [-0.2, 0) is 6.42 Å². The summed E-state index contributed by atoms with van der Waals surface area (Å²) in [6, 6.07) is 33.0. The second-order valence-electron chi connectivity index (χ2n) is 10.9. The number of hydrogen-bond donors (Lipinski definition) is 0. The van der Waals surface area contributed by atoms with Gasteiger partial charge in [0.15, 0.2) is 0 Å². The van der Waals surface area contributed by atoms with Gasteiger partial charge >= 0.3 is 0 Å². The quantitative estimate of drug-likeness (QED) is 0.204. The van der Waals surface area contributed by atoms with Crippen LogP contribution in [-0.4, -0.2) is 23.9 Å². The minimum atomic E-state index is 0.886. The van der Waals surface area contributed by atoms with Crippen molar-refractivity contribution in [2.45, 2.75) is 6.42 Å². The average Bonchev–Trinajstić information content (AvgIpc) is 3.70. The first kappa shape index (κ1) is 21.3. The van der Waals surface area contributed by atoms with E-state index in [-0.39, 0.29) is 0 Å². The monoisotopic (exact) mass is 523 g/mol. The molecule has 1 aliphatic carbocycles. The van der Waals surface area contributed by atoms with Crippen LogP contribution in [0, 0.1) is 0 Å². The summed E-state index contributed by atoms with van der Waals surface area (Å²) in [4.78, 5) is 14.1. The first-order valence-electron chi connectivity index (χ1n) is 13.9. The Morgan fingerprint density at radius 1 is 0.585 bits per heavy atom. The molecule has 4 aromatic carbocycles. The molecule has 0 saturated carbocycles. The standard InChI is InChI=1S/C36H21N5/c1-2-7-23(8-3-1)40-33-18-27-22(16-21-6-4-5-9-24(21)27)17-28(33)25-10-11-26-34(35(25)40)29-19-37-14-12-31(29)41-32-13-15-38-20-30(32)39-36(26)41/h1-15,17-20H,16H2. The van der Waals surface area contributed by atoms with Crippen LogP contribution in [0.1, 0.15) is 11.1 Å². The van der Waals surface area contributed by atoms with Crippen LogP contribution in [0.15, 0.2) is 116 Å². The summed E-state index contributed by atoms with van der Waals surface area (Å²) in [6.45, 7) is 0. The zero-order valence-electron chi connectivity index (χ0n) is 21.9. The Morgan fingerprint density at radius 3 is 2.32 bits per heavy atom. The van der Waals surface area contributed by atoms with E-state index < -0.39 is 0 Å². The lowest BCUT2D eigenvalue weighted by Gasteiger charge is -2.13. The molecule has 0 fully saturated rings. The molecule has 0 spiro atoms. The van der Waals surface area contributed by atoms with Crippen molar-refractivity contribution < 1.29 is 0 Å². The Labute approximate surface area is 234 Å². The third-order valence-corrected chi connectivity index (χ3v) is 8.86. The third kappa shape index (κ3) is 2.68. The Balaban J connectivity index is 1.47. The molecule has 0 saturated heterocycles. The van der Waals surface area contributed by atoms with Gasteiger partial charge in [-0.15, -0.1) is 0 Å². The number of pyridine rings is 3. The first-order valence-corrected chi connectivity index (χ1v) is 13.9. The SMILES string of the molecule is c1ccc(-n2c3cc4c(cc3c3ccc5c(c6cnccc6n6c7ccncc7nc56)c32)Cc2ccccc2-4)cc1. The molecule has 0 bridgehead atoms. The number of imidazole rings is 1. The van der Waals surface area contributed by atoms with Crippen molar-refractivity contribution in [3.63, 3.8) is 0 Å². The minimum Gasteiger partial charge on any atom is -0.309 e. The summed E-state index contributed by atoms with van der Waals surface area (Å²) in [5.41, 5.74) is 13.0. The lowest BCUT2D eigenvalue weighted by Crippen LogP contribution is -1.97. The van der Waals surface area contributed by atoms with Crippen LogP contribution < -0.4 is 0 Å². The van der Waals surface area contributed by atoms with E-state index in [2.05, 4.69) is 104 Å². The fourth-order valence-corrected chi connectivity index (χ4v) is 7.17. The zero-order chi connectivity index (χ0) is 26.7. The topological polar surface area (TPSA) is 48.0 Å². The van der Waals surface area contributed by atoms with E-state index in [1.807, 2.05) is 30.9 Å². The number of para-hydroxylation sites is 1. The molecule has 0 unspecified atom stereocenters. The van der Waals surface area contributed by atoms with Crippen molar-refractivity contribution in [2.75, 3.05) is 0 Å². The second-order valence-corrected chi connectivity index (χ2v) is 10.9. The van der Waals surface area contributed by atoms with Crippen LogP contribution in [0.25, 0.3) is 77.0 Å². The Kier molecular flexibility index (Phi) is 3.92. The van der Waals surface area contributed by atoms with E-state index in [1.54, 1.807) is 0 Å². The van der Waals surface area contributed by atoms with Gasteiger partial charge in [0, 0.05) is 51.2 Å². The summed E-state index contributed by atoms with van der Waals surface area (Å²) in [6.07, 6.45) is 8.53. The highest BCUT2D eigenvalue weighted by molar-refractivity contribution is 6.28. The Hall–Kier alpha value is -5.55. The van der Waals surface area contributed by atoms with Gasteiger partial charge in [0.25, 0.3) is 0 Å². The molecular formula is C36H21N5. The molecule has 0 radical (unpaired) electrons. The van der Waals surface area contributed by atoms with Gasteiger partial charge < -0.3 is 4.57 Å². The fraction of sp³-hybridized carbons (Fsp3) is 0.0278. The van der Waals surface area contributed by atoms with Crippen LogP contribution in [0.4, 0.5) is 0 Å². The highest BCUT2D eigenvalue weighted by Crippen LogP contribution is 2.45. The number of benzene rings is 4. The van der Waals surface area contributed by atoms with E-state index in [1.165, 1.54) is 49.4 Å². The van der Waals surface area contributed by atoms with Crippen LogP contribution in [0.5, 0.6) is 0 Å². The maximum Gasteiger partial charge on any atom is 0.146 e. The van der Waals surface area contributed by atoms with E-state index in [0.29, 0.717) is 0 Å². The van der Waals surface area contributed by atoms with Crippen molar-refractivity contribution in [2.24, 2.45) is 0 Å². The van der Waals surface area contributed by atoms with E-state index >= 15 is 0 Å². The fourth-order valence-electron chi connectivity index (χ4n) is 7.17. The summed E-state index contributed by atoms with van der Waals surface area (Å²) in [5, 5.41) is 5.89. The van der Waals surface area contributed by atoms with Crippen molar-refractivity contribution in [1.29, 1.82) is 0 Å². The highest BCUT2D eigenvalue weighted by Gasteiger charge is 2.24. The number of nitrogens with zero attached hydrogens (tertiary/aromatic N) is 5. The average molecular weight is 524 g/mol. The smallest absolute Gasteiger partial charge is 0.146 e. The normalized spacial score (nSPS) is 12.8. The highest BCUT2D eigenvalue weighted by atomic mass is 15.0. The van der Waals surface area contributed by atoms with Gasteiger partial charge in [-0.2, -0.15) is 0 Å². The van der Waals surface area contributed by atoms with Gasteiger partial charge in [0.1, 0.15) is 11.2 Å². The molecule has 5 aromatic heterocycles. The Bertz CT molecular complexity index is 2550. The van der Waals surface area contributed by atoms with Gasteiger partial charge in [0.05, 0.1) is 28.3 Å². The largest absolute Gasteiger partial charge is 0.309 e. The predicted molar refractivity (Wildman–Crippen MR) is 166 cm³/mol. The number of fused-ring (bicyclic) bond motifs is 15. The van der Waals surface area contributed by atoms with E-state index in [0.717, 1.165) is 45.1 Å².